The zero-order chi connectivity index (χ0) is 27.2. The number of ketones is 1. The van der Waals surface area contributed by atoms with Crippen molar-refractivity contribution in [3.05, 3.63) is 57.8 Å². The van der Waals surface area contributed by atoms with Crippen LogP contribution in [0, 0.1) is 0 Å². The summed E-state index contributed by atoms with van der Waals surface area (Å²) < 4.78 is 39.7. The Hall–Kier alpha value is -3.52. The molecule has 37 heavy (non-hydrogen) atoms. The summed E-state index contributed by atoms with van der Waals surface area (Å²) in [5.74, 6) is -3.11. The van der Waals surface area contributed by atoms with E-state index in [9.17, 15) is 37.8 Å². The average Bonchev–Trinajstić information content (AvgIpc) is 2.82. The Morgan fingerprint density at radius 2 is 1.92 bits per heavy atom. The molecule has 5 N–H and O–H groups in total. The molecule has 1 aromatic heterocycles. The van der Waals surface area contributed by atoms with E-state index in [-0.39, 0.29) is 22.1 Å². The molecule has 0 bridgehead atoms. The number of aliphatic hydroxyl groups is 1. The Kier molecular flexibility index (Phi) is 9.21. The fourth-order valence-corrected chi connectivity index (χ4v) is 4.05. The molecule has 0 fully saturated rings. The quantitative estimate of drug-likeness (QED) is 0.301. The van der Waals surface area contributed by atoms with Gasteiger partial charge in [0.1, 0.15) is 0 Å². The topological polar surface area (TPSA) is 153 Å². The molecule has 1 unspecified atom stereocenters. The molecule has 0 saturated carbocycles. The van der Waals surface area contributed by atoms with E-state index >= 15 is 0 Å². The van der Waals surface area contributed by atoms with Crippen molar-refractivity contribution in [3.8, 4) is 0 Å². The number of carboxylic acids is 1. The van der Waals surface area contributed by atoms with Crippen molar-refractivity contribution in [2.75, 3.05) is 25.0 Å². The van der Waals surface area contributed by atoms with Gasteiger partial charge in [-0.2, -0.15) is 13.2 Å². The van der Waals surface area contributed by atoms with E-state index in [4.69, 9.17) is 0 Å². The highest BCUT2D eigenvalue weighted by Crippen LogP contribution is 2.35. The van der Waals surface area contributed by atoms with E-state index in [1.807, 2.05) is 0 Å². The first-order valence-electron chi connectivity index (χ1n) is 11.0. The van der Waals surface area contributed by atoms with Crippen molar-refractivity contribution in [1.82, 2.24) is 15.6 Å². The molecule has 0 saturated heterocycles. The Morgan fingerprint density at radius 3 is 2.57 bits per heavy atom. The molecule has 2 aromatic rings. The molecule has 1 amide bonds. The van der Waals surface area contributed by atoms with Crippen LogP contribution in [0.5, 0.6) is 0 Å². The van der Waals surface area contributed by atoms with Crippen molar-refractivity contribution >= 4 is 45.2 Å². The van der Waals surface area contributed by atoms with Crippen LogP contribution in [0.3, 0.4) is 0 Å². The summed E-state index contributed by atoms with van der Waals surface area (Å²) in [5.41, 5.74) is -0.380. The zero-order valence-corrected chi connectivity index (χ0v) is 20.8. The molecule has 0 radical (unpaired) electrons. The lowest BCUT2D eigenvalue weighted by Gasteiger charge is -2.20. The summed E-state index contributed by atoms with van der Waals surface area (Å²) in [6.45, 7) is 0.0616. The molecule has 10 nitrogen and oxygen atoms in total. The third-order valence-electron chi connectivity index (χ3n) is 5.29. The van der Waals surface area contributed by atoms with Crippen molar-refractivity contribution < 1.29 is 37.8 Å². The van der Waals surface area contributed by atoms with Gasteiger partial charge in [-0.05, 0) is 29.8 Å². The van der Waals surface area contributed by atoms with Crippen molar-refractivity contribution in [2.45, 2.75) is 31.0 Å². The fraction of sp³-hybridized carbons (Fsp3) is 0.348. The molecule has 1 aromatic carbocycles. The normalized spacial score (nSPS) is 16.2. The van der Waals surface area contributed by atoms with Gasteiger partial charge >= 0.3 is 12.1 Å². The van der Waals surface area contributed by atoms with Crippen LogP contribution in [-0.2, 0) is 15.8 Å². The second-order valence-electron chi connectivity index (χ2n) is 8.30. The average molecular weight is 586 g/mol. The minimum absolute atomic E-state index is 0.0403. The first-order valence-corrected chi connectivity index (χ1v) is 11.8. The van der Waals surface area contributed by atoms with Gasteiger partial charge in [0.2, 0.25) is 0 Å². The summed E-state index contributed by atoms with van der Waals surface area (Å²) >= 11 is 3.00. The second-order valence-corrected chi connectivity index (χ2v) is 9.22. The number of aliphatic hydroxyl groups excluding tert-OH is 1. The highest BCUT2D eigenvalue weighted by atomic mass is 79.9. The van der Waals surface area contributed by atoms with Crippen molar-refractivity contribution in [1.29, 1.82) is 0 Å². The van der Waals surface area contributed by atoms with Gasteiger partial charge in [-0.15, -0.1) is 0 Å². The molecule has 3 rings (SSSR count). The molecule has 2 atom stereocenters. The van der Waals surface area contributed by atoms with Crippen LogP contribution in [0.25, 0.3) is 0 Å². The molecule has 1 aliphatic heterocycles. The summed E-state index contributed by atoms with van der Waals surface area (Å²) in [5, 5.41) is 26.9. The van der Waals surface area contributed by atoms with Gasteiger partial charge in [-0.25, -0.2) is 0 Å². The zero-order valence-electron chi connectivity index (χ0n) is 19.2. The third-order valence-corrected chi connectivity index (χ3v) is 5.75. The number of aromatic nitrogens is 1. The summed E-state index contributed by atoms with van der Waals surface area (Å²) in [6.07, 6.45) is -3.48. The van der Waals surface area contributed by atoms with Crippen LogP contribution >= 0.6 is 15.9 Å². The number of guanidine groups is 1. The maximum atomic E-state index is 13.2. The largest absolute Gasteiger partial charge is 0.481 e. The van der Waals surface area contributed by atoms with E-state index in [0.29, 0.717) is 18.2 Å². The predicted octanol–water partition coefficient (Wildman–Crippen LogP) is 2.54. The number of nitrogens with zero attached hydrogens (tertiary/aromatic N) is 2. The molecule has 0 spiro atoms. The number of aliphatic carboxylic acids is 1. The Bertz CT molecular complexity index is 1210. The lowest BCUT2D eigenvalue weighted by atomic mass is 9.89. The number of carboxylic acid groups (broad SMARTS) is 1. The number of rotatable bonds is 9. The molecule has 1 aliphatic rings. The van der Waals surface area contributed by atoms with Gasteiger partial charge in [-0.1, -0.05) is 15.9 Å². The third kappa shape index (κ3) is 8.53. The van der Waals surface area contributed by atoms with Gasteiger partial charge in [0.15, 0.2) is 11.7 Å². The van der Waals surface area contributed by atoms with Gasteiger partial charge < -0.3 is 26.2 Å². The molecular formula is C23H23BrF3N5O5. The van der Waals surface area contributed by atoms with Crippen LogP contribution in [0.1, 0.15) is 40.2 Å². The number of aliphatic imine (C=N–C) groups is 1. The Labute approximate surface area is 217 Å². The van der Waals surface area contributed by atoms with Gasteiger partial charge in [0, 0.05) is 29.6 Å². The number of carbonyl (C=O) groups excluding carboxylic acids is 2. The maximum Gasteiger partial charge on any atom is 0.416 e. The fourth-order valence-electron chi connectivity index (χ4n) is 3.54. The summed E-state index contributed by atoms with van der Waals surface area (Å²) in [4.78, 5) is 44.5. The molecule has 14 heteroatoms. The lowest BCUT2D eigenvalue weighted by molar-refractivity contribution is -0.138. The standard InChI is InChI=1S/C23H23BrF3N5O5/c24-16-2-12(1-15(6-16)23(25,26)27)13(5-20(35)36)4-18(33)9-29-21(37)14-3-17(8-28-7-14)32-22-30-10-19(34)11-31-22/h1-3,6-8,13,19,34H,4-5,9-11H2,(H,29,37)(H,35,36)(H2,30,31,32)/t13-/m0/s1. The van der Waals surface area contributed by atoms with Gasteiger partial charge in [0.05, 0.1) is 48.6 Å². The number of Topliss-reactive ketones (excluding diaryl/α,β-unsaturated/α-hetero) is 1. The number of carbonyl (C=O) groups is 3. The first-order chi connectivity index (χ1) is 17.4. The Balaban J connectivity index is 1.64. The van der Waals surface area contributed by atoms with Gasteiger partial charge in [0.25, 0.3) is 5.91 Å². The van der Waals surface area contributed by atoms with Crippen LogP contribution < -0.4 is 16.0 Å². The minimum Gasteiger partial charge on any atom is -0.481 e. The number of halogens is 4. The molecule has 198 valence electrons. The number of hydrogen-bond acceptors (Lipinski definition) is 8. The van der Waals surface area contributed by atoms with E-state index in [1.54, 1.807) is 0 Å². The van der Waals surface area contributed by atoms with Crippen LogP contribution in [0.2, 0.25) is 0 Å². The second kappa shape index (κ2) is 12.1. The number of amides is 1. The Morgan fingerprint density at radius 1 is 1.16 bits per heavy atom. The van der Waals surface area contributed by atoms with E-state index in [0.717, 1.165) is 12.1 Å². The number of benzene rings is 1. The lowest BCUT2D eigenvalue weighted by Crippen LogP contribution is -2.42. The smallest absolute Gasteiger partial charge is 0.416 e. The van der Waals surface area contributed by atoms with Gasteiger partial charge in [-0.3, -0.25) is 24.4 Å². The highest BCUT2D eigenvalue weighted by Gasteiger charge is 2.32. The monoisotopic (exact) mass is 585 g/mol. The van der Waals surface area contributed by atoms with Crippen molar-refractivity contribution in [3.63, 3.8) is 0 Å². The highest BCUT2D eigenvalue weighted by molar-refractivity contribution is 9.10. The van der Waals surface area contributed by atoms with E-state index < -0.39 is 60.8 Å². The number of anilines is 1. The minimum atomic E-state index is -4.65. The van der Waals surface area contributed by atoms with Crippen molar-refractivity contribution in [2.24, 2.45) is 4.99 Å². The molecule has 0 aliphatic carbocycles. The first kappa shape index (κ1) is 28.1. The summed E-state index contributed by atoms with van der Waals surface area (Å²) in [7, 11) is 0. The number of alkyl halides is 3. The SMILES string of the molecule is O=C(O)C[C@H](CC(=O)CNC(=O)c1cncc(NC2=NCC(O)CN2)c1)c1cc(Br)cc(C(F)(F)F)c1. The number of hydrogen-bond donors (Lipinski definition) is 5. The number of nitrogens with one attached hydrogen (secondary N) is 3. The number of β-amino-alcohol motifs (C(OH)–C–C–N with tert-alkyl or cyclic N) is 1. The van der Waals surface area contributed by atoms with E-state index in [2.05, 4.69) is 41.9 Å². The summed E-state index contributed by atoms with van der Waals surface area (Å²) in [6, 6.07) is 4.49. The van der Waals surface area contributed by atoms with Crippen LogP contribution in [-0.4, -0.2) is 64.6 Å². The maximum absolute atomic E-state index is 13.2. The van der Waals surface area contributed by atoms with Crippen LogP contribution in [0.15, 0.2) is 46.1 Å². The molecule has 2 heterocycles. The molecular weight excluding hydrogens is 563 g/mol. The predicted molar refractivity (Wildman–Crippen MR) is 130 cm³/mol. The van der Waals surface area contributed by atoms with Crippen LogP contribution in [0.4, 0.5) is 18.9 Å². The van der Waals surface area contributed by atoms with E-state index in [1.165, 1.54) is 24.5 Å². The number of pyridine rings is 1.